The van der Waals surface area contributed by atoms with E-state index in [1.165, 1.54) is 0 Å². The third kappa shape index (κ3) is 22.7. The molecule has 1 atom stereocenters. The van der Waals surface area contributed by atoms with E-state index in [2.05, 4.69) is 20.8 Å². The van der Waals surface area contributed by atoms with Gasteiger partial charge in [0.15, 0.2) is 0 Å². The Kier molecular flexibility index (Phi) is 18.0. The number of methoxy groups -OCH3 is 1. The normalized spacial score (nSPS) is 11.8. The van der Waals surface area contributed by atoms with Gasteiger partial charge in [-0.05, 0) is 11.8 Å². The minimum absolute atomic E-state index is 0. The van der Waals surface area contributed by atoms with Crippen LogP contribution in [0, 0.1) is 5.41 Å². The molecule has 0 aliphatic carbocycles. The van der Waals surface area contributed by atoms with Crippen molar-refractivity contribution in [3.63, 3.8) is 0 Å². The topological polar surface area (TPSA) is 35.2 Å². The molecule has 0 fully saturated rings. The molecule has 2 nitrogen and oxygen atoms in total. The first-order valence-corrected chi connectivity index (χ1v) is 5.70. The molecule has 0 bridgehead atoms. The number of nitrogens with two attached hydrogens (primary N) is 1. The average molecular weight is 207 g/mol. The summed E-state index contributed by atoms with van der Waals surface area (Å²) in [5, 5.41) is 0. The molecule has 0 amide bonds. The van der Waals surface area contributed by atoms with Gasteiger partial charge in [-0.2, -0.15) is 0 Å². The SMILES string of the molecule is CC.CC.COC[C@@H](N)CC(C)(C)C.[HH]. The fourth-order valence-electron chi connectivity index (χ4n) is 1.06. The Hall–Kier alpha value is -0.0800. The Balaban J connectivity index is -0.000000107. The first-order chi connectivity index (χ1) is 6.45. The van der Waals surface area contributed by atoms with E-state index in [0.29, 0.717) is 12.0 Å². The Bertz CT molecular complexity index is 92.1. The molecule has 0 saturated heterocycles. The molecular formula is C12H33NO. The van der Waals surface area contributed by atoms with Crippen LogP contribution in [0.1, 0.15) is 56.3 Å². The van der Waals surface area contributed by atoms with Gasteiger partial charge < -0.3 is 10.5 Å². The van der Waals surface area contributed by atoms with Gasteiger partial charge in [0.05, 0.1) is 6.61 Å². The van der Waals surface area contributed by atoms with E-state index < -0.39 is 0 Å². The number of ether oxygens (including phenoxy) is 1. The molecule has 0 aromatic carbocycles. The highest BCUT2D eigenvalue weighted by atomic mass is 16.5. The van der Waals surface area contributed by atoms with E-state index in [9.17, 15) is 0 Å². The van der Waals surface area contributed by atoms with E-state index in [-0.39, 0.29) is 7.47 Å². The second-order valence-electron chi connectivity index (χ2n) is 3.98. The minimum atomic E-state index is 0. The monoisotopic (exact) mass is 207 g/mol. The molecule has 0 heterocycles. The fourth-order valence-corrected chi connectivity index (χ4v) is 1.06. The van der Waals surface area contributed by atoms with E-state index in [1.54, 1.807) is 7.11 Å². The predicted octanol–water partition coefficient (Wildman–Crippen LogP) is 3.69. The number of rotatable bonds is 3. The second kappa shape index (κ2) is 12.9. The van der Waals surface area contributed by atoms with E-state index in [4.69, 9.17) is 10.5 Å². The van der Waals surface area contributed by atoms with Crippen LogP contribution in [0.2, 0.25) is 0 Å². The van der Waals surface area contributed by atoms with E-state index in [1.807, 2.05) is 27.7 Å². The predicted molar refractivity (Wildman–Crippen MR) is 68.7 cm³/mol. The summed E-state index contributed by atoms with van der Waals surface area (Å²) in [6, 6.07) is 0.185. The fraction of sp³-hybridized carbons (Fsp3) is 1.00. The van der Waals surface area contributed by atoms with Crippen molar-refractivity contribution >= 4 is 0 Å². The Morgan fingerprint density at radius 2 is 1.50 bits per heavy atom. The Labute approximate surface area is 92.7 Å². The molecule has 0 spiro atoms. The van der Waals surface area contributed by atoms with Gasteiger partial charge >= 0.3 is 0 Å². The second-order valence-corrected chi connectivity index (χ2v) is 3.98. The summed E-state index contributed by atoms with van der Waals surface area (Å²) in [7, 11) is 1.68. The first-order valence-electron chi connectivity index (χ1n) is 5.70. The maximum atomic E-state index is 5.75. The molecule has 2 heteroatoms. The van der Waals surface area contributed by atoms with Crippen molar-refractivity contribution < 1.29 is 6.16 Å². The zero-order valence-electron chi connectivity index (χ0n) is 11.5. The van der Waals surface area contributed by atoms with E-state index >= 15 is 0 Å². The van der Waals surface area contributed by atoms with Gasteiger partial charge in [0, 0.05) is 14.6 Å². The third-order valence-corrected chi connectivity index (χ3v) is 1.26. The standard InChI is InChI=1S/C8H19NO.2C2H6.H2/c1-8(2,3)5-7(9)6-10-4;2*1-2;/h7H,5-6,9H2,1-4H3;2*1-2H3;1H/t7-;;;/m0.../s1. The van der Waals surface area contributed by atoms with Crippen molar-refractivity contribution in [2.24, 2.45) is 11.1 Å². The van der Waals surface area contributed by atoms with Crippen LogP contribution in [0.5, 0.6) is 0 Å². The van der Waals surface area contributed by atoms with Crippen LogP contribution in [0.4, 0.5) is 0 Å². The molecule has 0 saturated carbocycles. The molecule has 0 radical (unpaired) electrons. The van der Waals surface area contributed by atoms with E-state index in [0.717, 1.165) is 6.42 Å². The summed E-state index contributed by atoms with van der Waals surface area (Å²) in [5.74, 6) is 0. The lowest BCUT2D eigenvalue weighted by atomic mass is 9.89. The average Bonchev–Trinajstić information content (AvgIpc) is 2.08. The van der Waals surface area contributed by atoms with Crippen molar-refractivity contribution in [2.75, 3.05) is 13.7 Å². The van der Waals surface area contributed by atoms with Crippen LogP contribution >= 0.6 is 0 Å². The smallest absolute Gasteiger partial charge is 0.0613 e. The molecule has 2 N–H and O–H groups in total. The largest absolute Gasteiger partial charge is 0.383 e. The summed E-state index contributed by atoms with van der Waals surface area (Å²) in [4.78, 5) is 0. The van der Waals surface area contributed by atoms with Crippen LogP contribution in [0.15, 0.2) is 0 Å². The van der Waals surface area contributed by atoms with Crippen LogP contribution in [-0.2, 0) is 4.74 Å². The number of hydrogen-bond donors (Lipinski definition) is 1. The Morgan fingerprint density at radius 1 is 1.14 bits per heavy atom. The van der Waals surface area contributed by atoms with Gasteiger partial charge in [0.25, 0.3) is 0 Å². The summed E-state index contributed by atoms with van der Waals surface area (Å²) < 4.78 is 4.92. The van der Waals surface area contributed by atoms with Crippen molar-refractivity contribution in [2.45, 2.75) is 60.9 Å². The minimum Gasteiger partial charge on any atom is -0.383 e. The molecule has 0 aliphatic rings. The molecule has 0 rings (SSSR count). The number of hydrogen-bond acceptors (Lipinski definition) is 2. The molecule has 14 heavy (non-hydrogen) atoms. The highest BCUT2D eigenvalue weighted by Crippen LogP contribution is 2.19. The first kappa shape index (κ1) is 19.5. The molecule has 0 aromatic heterocycles. The highest BCUT2D eigenvalue weighted by molar-refractivity contribution is 4.70. The van der Waals surface area contributed by atoms with Crippen molar-refractivity contribution in [1.29, 1.82) is 0 Å². The molecule has 0 unspecified atom stereocenters. The van der Waals surface area contributed by atoms with Crippen LogP contribution < -0.4 is 5.73 Å². The molecule has 0 aromatic rings. The summed E-state index contributed by atoms with van der Waals surface area (Å²) in [6.07, 6.45) is 1.01. The molecule has 92 valence electrons. The van der Waals surface area contributed by atoms with Crippen LogP contribution in [0.25, 0.3) is 0 Å². The summed E-state index contributed by atoms with van der Waals surface area (Å²) >= 11 is 0. The van der Waals surface area contributed by atoms with Crippen LogP contribution in [-0.4, -0.2) is 19.8 Å². The summed E-state index contributed by atoms with van der Waals surface area (Å²) in [5.41, 5.74) is 6.06. The zero-order valence-corrected chi connectivity index (χ0v) is 11.5. The van der Waals surface area contributed by atoms with Gasteiger partial charge in [-0.15, -0.1) is 0 Å². The zero-order chi connectivity index (χ0) is 12.2. The Morgan fingerprint density at radius 3 is 1.71 bits per heavy atom. The van der Waals surface area contributed by atoms with Gasteiger partial charge in [0.1, 0.15) is 0 Å². The van der Waals surface area contributed by atoms with Gasteiger partial charge in [-0.3, -0.25) is 0 Å². The lowest BCUT2D eigenvalue weighted by Gasteiger charge is -2.22. The maximum absolute atomic E-state index is 5.75. The highest BCUT2D eigenvalue weighted by Gasteiger charge is 2.14. The van der Waals surface area contributed by atoms with Gasteiger partial charge in [0.2, 0.25) is 0 Å². The maximum Gasteiger partial charge on any atom is 0.0613 e. The quantitative estimate of drug-likeness (QED) is 0.766. The van der Waals surface area contributed by atoms with Crippen molar-refractivity contribution in [3.05, 3.63) is 0 Å². The molecular weight excluding hydrogens is 174 g/mol. The van der Waals surface area contributed by atoms with Gasteiger partial charge in [-0.1, -0.05) is 48.5 Å². The molecule has 0 aliphatic heterocycles. The van der Waals surface area contributed by atoms with Crippen LogP contribution in [0.3, 0.4) is 0 Å². The van der Waals surface area contributed by atoms with Crippen molar-refractivity contribution in [1.82, 2.24) is 0 Å². The third-order valence-electron chi connectivity index (χ3n) is 1.26. The van der Waals surface area contributed by atoms with Crippen molar-refractivity contribution in [3.8, 4) is 0 Å². The summed E-state index contributed by atoms with van der Waals surface area (Å²) in [6.45, 7) is 15.2. The lowest BCUT2D eigenvalue weighted by Crippen LogP contribution is -2.30. The lowest BCUT2D eigenvalue weighted by molar-refractivity contribution is 0.160. The van der Waals surface area contributed by atoms with Gasteiger partial charge in [-0.25, -0.2) is 0 Å².